The van der Waals surface area contributed by atoms with Crippen LogP contribution in [0.2, 0.25) is 0 Å². The van der Waals surface area contributed by atoms with E-state index < -0.39 is 0 Å². The van der Waals surface area contributed by atoms with E-state index in [1.54, 1.807) is 0 Å². The lowest BCUT2D eigenvalue weighted by Gasteiger charge is -2.24. The van der Waals surface area contributed by atoms with Crippen LogP contribution in [0.4, 0.5) is 0 Å². The van der Waals surface area contributed by atoms with Gasteiger partial charge in [-0.05, 0) is 50.5 Å². The Labute approximate surface area is 111 Å². The number of dihydropyridines is 1. The largest absolute Gasteiger partial charge is 0.379 e. The first-order valence-corrected chi connectivity index (χ1v) is 6.63. The molecular weight excluding hydrogens is 220 g/mol. The molecule has 0 aliphatic carbocycles. The smallest absolute Gasteiger partial charge is 0.0898 e. The van der Waals surface area contributed by atoms with Gasteiger partial charge in [0.2, 0.25) is 0 Å². The van der Waals surface area contributed by atoms with Crippen molar-refractivity contribution in [2.45, 2.75) is 47.6 Å². The van der Waals surface area contributed by atoms with Gasteiger partial charge < -0.3 is 5.32 Å². The molecule has 0 spiro atoms. The average molecular weight is 244 g/mol. The third-order valence-corrected chi connectivity index (χ3v) is 2.94. The van der Waals surface area contributed by atoms with Gasteiger partial charge in [-0.25, -0.2) is 0 Å². The fourth-order valence-corrected chi connectivity index (χ4v) is 2.06. The van der Waals surface area contributed by atoms with Crippen molar-refractivity contribution in [3.63, 3.8) is 0 Å². The maximum atomic E-state index is 4.64. The molecule has 1 atom stereocenters. The number of pyridine rings is 1. The topological polar surface area (TPSA) is 24.9 Å². The van der Waals surface area contributed by atoms with E-state index in [-0.39, 0.29) is 6.04 Å². The van der Waals surface area contributed by atoms with E-state index in [4.69, 9.17) is 0 Å². The third kappa shape index (κ3) is 3.22. The highest BCUT2D eigenvalue weighted by Gasteiger charge is 2.18. The lowest BCUT2D eigenvalue weighted by molar-refractivity contribution is 0.667. The van der Waals surface area contributed by atoms with Gasteiger partial charge in [-0.3, -0.25) is 4.98 Å². The van der Waals surface area contributed by atoms with Gasteiger partial charge in [-0.15, -0.1) is 0 Å². The second-order valence-electron chi connectivity index (χ2n) is 4.53. The van der Waals surface area contributed by atoms with Crippen LogP contribution in [0, 0.1) is 13.8 Å². The summed E-state index contributed by atoms with van der Waals surface area (Å²) in [5, 5.41) is 3.41. The van der Waals surface area contributed by atoms with Crippen molar-refractivity contribution in [3.05, 3.63) is 52.5 Å². The SMILES string of the molecule is CC.CC1=CNC(c2nc(C)ccc2C)C(C)=C1. The van der Waals surface area contributed by atoms with Gasteiger partial charge in [0, 0.05) is 11.9 Å². The minimum absolute atomic E-state index is 0.226. The molecule has 1 aliphatic rings. The lowest BCUT2D eigenvalue weighted by Crippen LogP contribution is -2.22. The summed E-state index contributed by atoms with van der Waals surface area (Å²) in [7, 11) is 0. The zero-order valence-corrected chi connectivity index (χ0v) is 12.3. The Morgan fingerprint density at radius 1 is 1.06 bits per heavy atom. The van der Waals surface area contributed by atoms with E-state index in [1.165, 1.54) is 16.7 Å². The summed E-state index contributed by atoms with van der Waals surface area (Å²) in [6, 6.07) is 4.42. The molecule has 0 saturated carbocycles. The molecule has 0 amide bonds. The van der Waals surface area contributed by atoms with Gasteiger partial charge in [0.05, 0.1) is 11.7 Å². The van der Waals surface area contributed by atoms with Crippen LogP contribution in [0.5, 0.6) is 0 Å². The molecule has 18 heavy (non-hydrogen) atoms. The standard InChI is InChI=1S/C14H18N2.C2H6/c1-9-7-11(3)13(15-8-9)14-10(2)5-6-12(4)16-14;1-2/h5-8,13,15H,1-4H3;1-2H3. The van der Waals surface area contributed by atoms with Crippen molar-refractivity contribution >= 4 is 0 Å². The first kappa shape index (κ1) is 14.5. The molecule has 0 saturated heterocycles. The Kier molecular flexibility index (Phi) is 5.14. The molecule has 1 aliphatic heterocycles. The van der Waals surface area contributed by atoms with E-state index >= 15 is 0 Å². The zero-order valence-electron chi connectivity index (χ0n) is 12.3. The van der Waals surface area contributed by atoms with Gasteiger partial charge in [0.15, 0.2) is 0 Å². The molecule has 0 aromatic carbocycles. The summed E-state index contributed by atoms with van der Waals surface area (Å²) in [5.41, 5.74) is 6.03. The molecular formula is C16H24N2. The first-order valence-electron chi connectivity index (χ1n) is 6.63. The second-order valence-corrected chi connectivity index (χ2v) is 4.53. The quantitative estimate of drug-likeness (QED) is 0.800. The van der Waals surface area contributed by atoms with Crippen molar-refractivity contribution in [2.24, 2.45) is 0 Å². The molecule has 2 nitrogen and oxygen atoms in total. The molecule has 98 valence electrons. The van der Waals surface area contributed by atoms with E-state index in [2.05, 4.69) is 55.5 Å². The van der Waals surface area contributed by atoms with Gasteiger partial charge in [-0.2, -0.15) is 0 Å². The summed E-state index contributed by atoms with van der Waals surface area (Å²) < 4.78 is 0. The van der Waals surface area contributed by atoms with Crippen molar-refractivity contribution < 1.29 is 0 Å². The van der Waals surface area contributed by atoms with Crippen LogP contribution >= 0.6 is 0 Å². The Morgan fingerprint density at radius 3 is 2.33 bits per heavy atom. The predicted molar refractivity (Wildman–Crippen MR) is 78.4 cm³/mol. The highest BCUT2D eigenvalue weighted by Crippen LogP contribution is 2.26. The van der Waals surface area contributed by atoms with Crippen molar-refractivity contribution in [2.75, 3.05) is 0 Å². The number of hydrogen-bond acceptors (Lipinski definition) is 2. The Hall–Kier alpha value is -1.57. The minimum atomic E-state index is 0.226. The zero-order chi connectivity index (χ0) is 13.7. The fraction of sp³-hybridized carbons (Fsp3) is 0.438. The summed E-state index contributed by atoms with van der Waals surface area (Å²) >= 11 is 0. The van der Waals surface area contributed by atoms with Crippen LogP contribution in [-0.2, 0) is 0 Å². The number of allylic oxidation sites excluding steroid dienone is 2. The van der Waals surface area contributed by atoms with Crippen molar-refractivity contribution in [1.82, 2.24) is 10.3 Å². The Balaban J connectivity index is 0.000000771. The second kappa shape index (κ2) is 6.39. The summed E-state index contributed by atoms with van der Waals surface area (Å²) in [4.78, 5) is 4.64. The molecule has 2 rings (SSSR count). The first-order chi connectivity index (χ1) is 8.58. The minimum Gasteiger partial charge on any atom is -0.379 e. The maximum Gasteiger partial charge on any atom is 0.0898 e. The van der Waals surface area contributed by atoms with E-state index in [0.717, 1.165) is 11.4 Å². The van der Waals surface area contributed by atoms with Gasteiger partial charge >= 0.3 is 0 Å². The highest BCUT2D eigenvalue weighted by atomic mass is 14.9. The van der Waals surface area contributed by atoms with Crippen molar-refractivity contribution in [1.29, 1.82) is 0 Å². The number of nitrogens with one attached hydrogen (secondary N) is 1. The van der Waals surface area contributed by atoms with Crippen LogP contribution < -0.4 is 5.32 Å². The molecule has 1 aromatic rings. The predicted octanol–water partition coefficient (Wildman–Crippen LogP) is 4.22. The average Bonchev–Trinajstić information content (AvgIpc) is 2.35. The number of nitrogens with zero attached hydrogens (tertiary/aromatic N) is 1. The summed E-state index contributed by atoms with van der Waals surface area (Å²) in [5.74, 6) is 0. The van der Waals surface area contributed by atoms with Gasteiger partial charge in [0.1, 0.15) is 0 Å². The fourth-order valence-electron chi connectivity index (χ4n) is 2.06. The summed E-state index contributed by atoms with van der Waals surface area (Å²) in [6.45, 7) is 12.4. The molecule has 0 bridgehead atoms. The maximum absolute atomic E-state index is 4.64. The lowest BCUT2D eigenvalue weighted by atomic mass is 9.97. The molecule has 2 heterocycles. The van der Waals surface area contributed by atoms with Crippen molar-refractivity contribution in [3.8, 4) is 0 Å². The van der Waals surface area contributed by atoms with Crippen LogP contribution in [0.1, 0.15) is 50.7 Å². The molecule has 1 N–H and O–H groups in total. The number of rotatable bonds is 1. The molecule has 0 radical (unpaired) electrons. The Bertz CT molecular complexity index is 470. The van der Waals surface area contributed by atoms with Crippen LogP contribution in [0.3, 0.4) is 0 Å². The summed E-state index contributed by atoms with van der Waals surface area (Å²) in [6.07, 6.45) is 4.27. The highest BCUT2D eigenvalue weighted by molar-refractivity contribution is 5.36. The number of aryl methyl sites for hydroxylation is 2. The van der Waals surface area contributed by atoms with E-state index in [9.17, 15) is 0 Å². The van der Waals surface area contributed by atoms with E-state index in [0.29, 0.717) is 0 Å². The molecule has 0 fully saturated rings. The Morgan fingerprint density at radius 2 is 1.72 bits per heavy atom. The van der Waals surface area contributed by atoms with Crippen LogP contribution in [0.25, 0.3) is 0 Å². The van der Waals surface area contributed by atoms with E-state index in [1.807, 2.05) is 20.8 Å². The van der Waals surface area contributed by atoms with Crippen LogP contribution in [-0.4, -0.2) is 4.98 Å². The third-order valence-electron chi connectivity index (χ3n) is 2.94. The van der Waals surface area contributed by atoms with Crippen LogP contribution in [0.15, 0.2) is 35.6 Å². The number of aromatic nitrogens is 1. The normalized spacial score (nSPS) is 18.0. The van der Waals surface area contributed by atoms with Gasteiger partial charge in [0.25, 0.3) is 0 Å². The molecule has 2 heteroatoms. The molecule has 1 unspecified atom stereocenters. The van der Waals surface area contributed by atoms with Gasteiger partial charge in [-0.1, -0.05) is 26.0 Å². The monoisotopic (exact) mass is 244 g/mol. The number of hydrogen-bond donors (Lipinski definition) is 1. The molecule has 1 aromatic heterocycles.